The number of nitrogens with two attached hydrogens (primary N) is 2. The second-order valence-corrected chi connectivity index (χ2v) is 9.99. The van der Waals surface area contributed by atoms with Gasteiger partial charge in [-0.25, -0.2) is 9.79 Å². The lowest BCUT2D eigenvalue weighted by Gasteiger charge is -2.32. The Balaban J connectivity index is 1.53. The highest BCUT2D eigenvalue weighted by Crippen LogP contribution is 2.38. The number of aliphatic imine (C=N–C) groups is 1. The van der Waals surface area contributed by atoms with Crippen molar-refractivity contribution in [3.63, 3.8) is 0 Å². The monoisotopic (exact) mass is 555 g/mol. The molecular weight excluding hydrogens is 508 g/mol. The van der Waals surface area contributed by atoms with Crippen molar-refractivity contribution in [3.05, 3.63) is 36.6 Å². The van der Waals surface area contributed by atoms with Gasteiger partial charge in [-0.15, -0.1) is 0 Å². The molecule has 0 radical (unpaired) electrons. The van der Waals surface area contributed by atoms with E-state index in [9.17, 15) is 18.7 Å². The molecule has 11 heteroatoms. The molecule has 222 valence electrons. The summed E-state index contributed by atoms with van der Waals surface area (Å²) in [5.74, 6) is -3.72. The van der Waals surface area contributed by atoms with E-state index in [1.165, 1.54) is 51.0 Å². The number of amidine groups is 1. The van der Waals surface area contributed by atoms with E-state index in [4.69, 9.17) is 20.9 Å². The number of aliphatic hydroxyl groups excluding tert-OH is 1. The van der Waals surface area contributed by atoms with E-state index in [1.807, 2.05) is 0 Å². The molecular formula is C28H47F2N5O4. The van der Waals surface area contributed by atoms with Gasteiger partial charge in [0.1, 0.15) is 12.7 Å². The van der Waals surface area contributed by atoms with Gasteiger partial charge < -0.3 is 31.4 Å². The number of carbonyl (C=O) groups is 1. The summed E-state index contributed by atoms with van der Waals surface area (Å²) in [7, 11) is 0. The van der Waals surface area contributed by atoms with Crippen molar-refractivity contribution < 1.29 is 28.2 Å². The van der Waals surface area contributed by atoms with Crippen molar-refractivity contribution in [2.75, 3.05) is 13.2 Å². The van der Waals surface area contributed by atoms with Crippen LogP contribution in [0.3, 0.4) is 0 Å². The number of aliphatic hydroxyl groups is 1. The lowest BCUT2D eigenvalue weighted by atomic mass is 10.1. The summed E-state index contributed by atoms with van der Waals surface area (Å²) in [4.78, 5) is 16.8. The molecule has 0 bridgehead atoms. The fourth-order valence-electron chi connectivity index (χ4n) is 4.31. The van der Waals surface area contributed by atoms with Gasteiger partial charge in [-0.3, -0.25) is 4.90 Å². The highest BCUT2D eigenvalue weighted by atomic mass is 19.3. The van der Waals surface area contributed by atoms with Gasteiger partial charge in [0.05, 0.1) is 6.17 Å². The molecule has 0 aromatic carbocycles. The summed E-state index contributed by atoms with van der Waals surface area (Å²) < 4.78 is 39.6. The number of halogens is 2. The average molecular weight is 556 g/mol. The molecule has 6 N–H and O–H groups in total. The lowest BCUT2D eigenvalue weighted by Crippen LogP contribution is -2.57. The molecule has 2 amide bonds. The summed E-state index contributed by atoms with van der Waals surface area (Å²) in [5.41, 5.74) is 11.3. The molecule has 9 nitrogen and oxygen atoms in total. The number of nitrogens with one attached hydrogen (secondary N) is 1. The molecule has 0 spiro atoms. The van der Waals surface area contributed by atoms with Crippen molar-refractivity contribution in [2.45, 2.75) is 114 Å². The van der Waals surface area contributed by atoms with Crippen LogP contribution in [-0.4, -0.2) is 65.7 Å². The number of urea groups is 1. The number of hydrogen-bond acceptors (Lipinski definition) is 6. The third-order valence-electron chi connectivity index (χ3n) is 6.63. The maximum absolute atomic E-state index is 14.6. The van der Waals surface area contributed by atoms with E-state index in [0.29, 0.717) is 11.4 Å². The summed E-state index contributed by atoms with van der Waals surface area (Å²) in [6.07, 6.45) is 18.8. The van der Waals surface area contributed by atoms with Crippen LogP contribution in [0.15, 0.2) is 41.6 Å². The van der Waals surface area contributed by atoms with Crippen LogP contribution in [0.4, 0.5) is 13.6 Å². The molecule has 2 unspecified atom stereocenters. The number of nitrogens with zero attached hydrogens (tertiary/aromatic N) is 2. The van der Waals surface area contributed by atoms with Crippen LogP contribution in [0.25, 0.3) is 0 Å². The number of allylic oxidation sites excluding steroid dienone is 4. The summed E-state index contributed by atoms with van der Waals surface area (Å²) in [6.45, 7) is 2.26. The van der Waals surface area contributed by atoms with E-state index in [1.54, 1.807) is 0 Å². The number of amides is 2. The van der Waals surface area contributed by atoms with Crippen LogP contribution >= 0.6 is 0 Å². The maximum Gasteiger partial charge on any atom is 0.325 e. The van der Waals surface area contributed by atoms with Crippen molar-refractivity contribution in [3.8, 4) is 0 Å². The fraction of sp³-hybridized carbons (Fsp3) is 0.714. The number of ether oxygens (including phenoxy) is 2. The zero-order valence-corrected chi connectivity index (χ0v) is 23.2. The van der Waals surface area contributed by atoms with Gasteiger partial charge in [-0.05, 0) is 44.6 Å². The average Bonchev–Trinajstić information content (AvgIpc) is 3.12. The van der Waals surface area contributed by atoms with E-state index in [-0.39, 0.29) is 6.02 Å². The van der Waals surface area contributed by atoms with Gasteiger partial charge in [0.2, 0.25) is 6.23 Å². The topological polar surface area (TPSA) is 135 Å². The highest BCUT2D eigenvalue weighted by Gasteiger charge is 2.61. The normalized spacial score (nSPS) is 25.2. The Morgan fingerprint density at radius 3 is 2.44 bits per heavy atom. The maximum atomic E-state index is 14.6. The third kappa shape index (κ3) is 11.6. The number of unbranched alkanes of at least 4 members (excludes halogenated alkanes) is 9. The smallest absolute Gasteiger partial charge is 0.325 e. The molecule has 2 rings (SSSR count). The molecule has 0 aromatic heterocycles. The summed E-state index contributed by atoms with van der Waals surface area (Å²) in [5, 5.41) is 12.3. The zero-order valence-electron chi connectivity index (χ0n) is 23.2. The predicted octanol–water partition coefficient (Wildman–Crippen LogP) is 4.68. The van der Waals surface area contributed by atoms with E-state index < -0.39 is 43.2 Å². The Kier molecular flexibility index (Phi) is 15.1. The van der Waals surface area contributed by atoms with Crippen LogP contribution in [0.2, 0.25) is 0 Å². The van der Waals surface area contributed by atoms with Gasteiger partial charge in [-0.1, -0.05) is 69.8 Å². The first-order valence-corrected chi connectivity index (χ1v) is 14.2. The quantitative estimate of drug-likeness (QED) is 0.0840. The minimum absolute atomic E-state index is 0.151. The van der Waals surface area contributed by atoms with Gasteiger partial charge in [-0.2, -0.15) is 8.78 Å². The van der Waals surface area contributed by atoms with Crippen molar-refractivity contribution >= 4 is 12.1 Å². The van der Waals surface area contributed by atoms with E-state index in [2.05, 4.69) is 41.5 Å². The lowest BCUT2D eigenvalue weighted by molar-refractivity contribution is -0.145. The van der Waals surface area contributed by atoms with Crippen molar-refractivity contribution in [1.29, 1.82) is 0 Å². The molecule has 2 aliphatic rings. The second kappa shape index (κ2) is 18.0. The molecule has 0 saturated carbocycles. The molecule has 4 atom stereocenters. The van der Waals surface area contributed by atoms with Crippen LogP contribution in [0.1, 0.15) is 84.0 Å². The summed E-state index contributed by atoms with van der Waals surface area (Å²) >= 11 is 0. The van der Waals surface area contributed by atoms with Gasteiger partial charge in [0.25, 0.3) is 6.02 Å². The number of hydrogen-bond donors (Lipinski definition) is 4. The molecule has 1 fully saturated rings. The predicted molar refractivity (Wildman–Crippen MR) is 149 cm³/mol. The Morgan fingerprint density at radius 2 is 1.77 bits per heavy atom. The zero-order chi connectivity index (χ0) is 28.5. The second-order valence-electron chi connectivity index (χ2n) is 9.99. The molecule has 39 heavy (non-hydrogen) atoms. The third-order valence-corrected chi connectivity index (χ3v) is 6.63. The van der Waals surface area contributed by atoms with Crippen LogP contribution < -0.4 is 16.8 Å². The number of rotatable bonds is 18. The van der Waals surface area contributed by atoms with Crippen LogP contribution in [0.5, 0.6) is 0 Å². The Hall–Kier alpha value is -2.50. The fourth-order valence-corrected chi connectivity index (χ4v) is 4.31. The molecule has 1 saturated heterocycles. The van der Waals surface area contributed by atoms with Crippen LogP contribution in [0, 0.1) is 0 Å². The standard InChI is InChI=1S/C28H47F2N5O4/c1-2-3-4-5-6-7-8-9-10-11-12-13-14-15-16-17-19-33-26(32)38-21-22-24(36)28(29,30)25(39-22)35-20-18-23(31)34-27(35)37/h6-7,9-10,18,20,22-25,36H,2-5,8,11-17,19,21,31H2,1H3,(H2,32,33)(H,34,37)/b7-6-,10-9-/t22?,23?,24-,25-/m1/s1. The largest absolute Gasteiger partial charge is 0.463 e. The Labute approximate surface area is 231 Å². The molecule has 2 heterocycles. The first-order valence-electron chi connectivity index (χ1n) is 14.2. The minimum atomic E-state index is -3.72. The first kappa shape index (κ1) is 32.7. The van der Waals surface area contributed by atoms with Crippen molar-refractivity contribution in [2.24, 2.45) is 16.5 Å². The van der Waals surface area contributed by atoms with E-state index in [0.717, 1.165) is 38.3 Å². The van der Waals surface area contributed by atoms with Gasteiger partial charge in [0, 0.05) is 12.7 Å². The minimum Gasteiger partial charge on any atom is -0.463 e. The van der Waals surface area contributed by atoms with Gasteiger partial charge in [0.15, 0.2) is 6.10 Å². The SMILES string of the molecule is CCCCC/C=C\C/C=C\CCCCCCCCN=C(N)OCC1O[C@@H](N2C=CC(N)NC2=O)C(F)(F)[C@@H]1O. The molecule has 0 aliphatic carbocycles. The van der Waals surface area contributed by atoms with E-state index >= 15 is 0 Å². The van der Waals surface area contributed by atoms with Crippen LogP contribution in [-0.2, 0) is 9.47 Å². The molecule has 0 aromatic rings. The highest BCUT2D eigenvalue weighted by molar-refractivity contribution is 5.77. The molecule has 2 aliphatic heterocycles. The number of carbonyl (C=O) groups excluding carboxylic acids is 1. The van der Waals surface area contributed by atoms with Crippen molar-refractivity contribution in [1.82, 2.24) is 10.2 Å². The Bertz CT molecular complexity index is 837. The van der Waals surface area contributed by atoms with Gasteiger partial charge >= 0.3 is 12.0 Å². The number of alkyl halides is 2. The summed E-state index contributed by atoms with van der Waals surface area (Å²) in [6, 6.07) is -1.00. The first-order chi connectivity index (χ1) is 18.8. The Morgan fingerprint density at radius 1 is 1.13 bits per heavy atom.